The molecule has 0 unspecified atom stereocenters. The van der Waals surface area contributed by atoms with Crippen molar-refractivity contribution in [2.24, 2.45) is 5.10 Å². The van der Waals surface area contributed by atoms with Gasteiger partial charge in [0.15, 0.2) is 11.5 Å². The van der Waals surface area contributed by atoms with Crippen molar-refractivity contribution in [3.63, 3.8) is 0 Å². The minimum atomic E-state index is -0.245. The van der Waals surface area contributed by atoms with Gasteiger partial charge in [-0.2, -0.15) is 9.78 Å². The van der Waals surface area contributed by atoms with Crippen LogP contribution >= 0.6 is 55.1 Å². The van der Waals surface area contributed by atoms with Crippen LogP contribution in [0.15, 0.2) is 67.4 Å². The van der Waals surface area contributed by atoms with E-state index in [1.165, 1.54) is 4.68 Å². The fourth-order valence-electron chi connectivity index (χ4n) is 3.79. The summed E-state index contributed by atoms with van der Waals surface area (Å²) in [6.07, 6.45) is 4.03. The highest BCUT2D eigenvalue weighted by molar-refractivity contribution is 9.10. The number of halogens is 4. The van der Waals surface area contributed by atoms with Gasteiger partial charge in [0.1, 0.15) is 17.5 Å². The standard InChI is InChI=1S/C28H25Br2Cl2N3O3/c1-3-5-10-24-34-22-12-11-19(29)14-20(22)28(36)35(24)33-15-18-13-23(37-4-2)27(26(32)25(18)30)38-16-17-8-6-7-9-21(17)31/h6-9,11-15H,3-5,10,16H2,1-2H3. The van der Waals surface area contributed by atoms with Crippen LogP contribution in [0.4, 0.5) is 0 Å². The lowest BCUT2D eigenvalue weighted by Crippen LogP contribution is -2.22. The number of hydrogen-bond acceptors (Lipinski definition) is 5. The molecular weight excluding hydrogens is 657 g/mol. The molecule has 0 aliphatic carbocycles. The monoisotopic (exact) mass is 679 g/mol. The van der Waals surface area contributed by atoms with Crippen molar-refractivity contribution in [1.29, 1.82) is 0 Å². The van der Waals surface area contributed by atoms with Crippen LogP contribution in [0.5, 0.6) is 11.5 Å². The molecule has 0 aliphatic heterocycles. The molecule has 4 rings (SSSR count). The molecule has 1 aromatic heterocycles. The van der Waals surface area contributed by atoms with Crippen LogP contribution in [-0.2, 0) is 13.0 Å². The van der Waals surface area contributed by atoms with Crippen LogP contribution in [0, 0.1) is 0 Å². The number of aryl methyl sites for hydroxylation is 1. The van der Waals surface area contributed by atoms with E-state index >= 15 is 0 Å². The fourth-order valence-corrected chi connectivity index (χ4v) is 5.00. The fraction of sp³-hybridized carbons (Fsp3) is 0.250. The van der Waals surface area contributed by atoms with Crippen molar-refractivity contribution in [3.05, 3.63) is 94.8 Å². The number of benzene rings is 3. The van der Waals surface area contributed by atoms with Crippen molar-refractivity contribution >= 4 is 72.2 Å². The Labute approximate surface area is 247 Å². The number of fused-ring (bicyclic) bond motifs is 1. The van der Waals surface area contributed by atoms with Crippen LogP contribution in [0.1, 0.15) is 43.6 Å². The Morgan fingerprint density at radius 1 is 1.08 bits per heavy atom. The third kappa shape index (κ3) is 6.42. The molecule has 3 aromatic carbocycles. The number of rotatable bonds is 10. The SMILES string of the molecule is CCCCc1nc2ccc(Br)cc2c(=O)n1N=Cc1cc(OCC)c(OCc2ccccc2Cl)c(Cl)c1Br. The van der Waals surface area contributed by atoms with Gasteiger partial charge in [0.25, 0.3) is 5.56 Å². The summed E-state index contributed by atoms with van der Waals surface area (Å²) in [6.45, 7) is 4.59. The van der Waals surface area contributed by atoms with Crippen molar-refractivity contribution in [2.75, 3.05) is 6.61 Å². The lowest BCUT2D eigenvalue weighted by Gasteiger charge is -2.16. The van der Waals surface area contributed by atoms with E-state index in [1.807, 2.05) is 37.3 Å². The molecule has 0 saturated carbocycles. The third-order valence-corrected chi connectivity index (χ3v) is 8.03. The summed E-state index contributed by atoms with van der Waals surface area (Å²) in [5, 5.41) is 5.95. The number of nitrogens with zero attached hydrogens (tertiary/aromatic N) is 3. The molecule has 38 heavy (non-hydrogen) atoms. The summed E-state index contributed by atoms with van der Waals surface area (Å²) >= 11 is 20.0. The summed E-state index contributed by atoms with van der Waals surface area (Å²) in [7, 11) is 0. The average molecular weight is 682 g/mol. The predicted molar refractivity (Wildman–Crippen MR) is 161 cm³/mol. The first-order valence-corrected chi connectivity index (χ1v) is 14.4. The summed E-state index contributed by atoms with van der Waals surface area (Å²) in [5.41, 5.74) is 1.83. The Balaban J connectivity index is 1.75. The molecule has 4 aromatic rings. The number of unbranched alkanes of at least 4 members (excludes halogenated alkanes) is 1. The third-order valence-electron chi connectivity index (χ3n) is 5.73. The second kappa shape index (κ2) is 13.1. The summed E-state index contributed by atoms with van der Waals surface area (Å²) in [6, 6.07) is 14.7. The van der Waals surface area contributed by atoms with Gasteiger partial charge >= 0.3 is 0 Å². The Kier molecular flexibility index (Phi) is 9.87. The molecule has 0 bridgehead atoms. The molecule has 0 atom stereocenters. The minimum Gasteiger partial charge on any atom is -0.490 e. The van der Waals surface area contributed by atoms with Gasteiger partial charge in [-0.15, -0.1) is 0 Å². The quantitative estimate of drug-likeness (QED) is 0.158. The van der Waals surface area contributed by atoms with Crippen LogP contribution in [0.2, 0.25) is 10.0 Å². The Bertz CT molecular complexity index is 1560. The van der Waals surface area contributed by atoms with Gasteiger partial charge in [0.2, 0.25) is 0 Å². The van der Waals surface area contributed by atoms with Gasteiger partial charge in [-0.25, -0.2) is 4.98 Å². The van der Waals surface area contributed by atoms with Crippen molar-refractivity contribution in [3.8, 4) is 11.5 Å². The van der Waals surface area contributed by atoms with E-state index in [9.17, 15) is 4.79 Å². The second-order valence-electron chi connectivity index (χ2n) is 8.39. The Morgan fingerprint density at radius 3 is 2.61 bits per heavy atom. The molecule has 0 amide bonds. The predicted octanol–water partition coefficient (Wildman–Crippen LogP) is 8.43. The molecule has 1 heterocycles. The first-order valence-electron chi connectivity index (χ1n) is 12.1. The Morgan fingerprint density at radius 2 is 1.87 bits per heavy atom. The van der Waals surface area contributed by atoms with E-state index < -0.39 is 0 Å². The highest BCUT2D eigenvalue weighted by Gasteiger charge is 2.18. The van der Waals surface area contributed by atoms with Gasteiger partial charge in [0.05, 0.1) is 23.7 Å². The molecule has 0 spiro atoms. The maximum atomic E-state index is 13.4. The second-order valence-corrected chi connectivity index (χ2v) is 10.9. The maximum absolute atomic E-state index is 13.4. The first kappa shape index (κ1) is 28.6. The van der Waals surface area contributed by atoms with Crippen molar-refractivity contribution in [1.82, 2.24) is 9.66 Å². The normalized spacial score (nSPS) is 11.4. The van der Waals surface area contributed by atoms with E-state index in [0.29, 0.717) is 61.3 Å². The summed E-state index contributed by atoms with van der Waals surface area (Å²) in [5.74, 6) is 1.43. The molecule has 0 fully saturated rings. The summed E-state index contributed by atoms with van der Waals surface area (Å²) < 4.78 is 14.6. The zero-order valence-electron chi connectivity index (χ0n) is 20.8. The summed E-state index contributed by atoms with van der Waals surface area (Å²) in [4.78, 5) is 18.1. The Hall–Kier alpha value is -2.39. The van der Waals surface area contributed by atoms with E-state index in [1.54, 1.807) is 24.4 Å². The van der Waals surface area contributed by atoms with Crippen LogP contribution < -0.4 is 15.0 Å². The van der Waals surface area contributed by atoms with Gasteiger partial charge in [-0.3, -0.25) is 4.79 Å². The lowest BCUT2D eigenvalue weighted by molar-refractivity contribution is 0.269. The average Bonchev–Trinajstić information content (AvgIpc) is 2.90. The van der Waals surface area contributed by atoms with Gasteiger partial charge < -0.3 is 9.47 Å². The van der Waals surface area contributed by atoms with Gasteiger partial charge in [-0.1, -0.05) is 70.7 Å². The van der Waals surface area contributed by atoms with E-state index in [-0.39, 0.29) is 12.2 Å². The van der Waals surface area contributed by atoms with E-state index in [0.717, 1.165) is 22.9 Å². The zero-order chi connectivity index (χ0) is 27.2. The highest BCUT2D eigenvalue weighted by Crippen LogP contribution is 2.43. The molecular formula is C28H25Br2Cl2N3O3. The van der Waals surface area contributed by atoms with E-state index in [2.05, 4.69) is 43.9 Å². The van der Waals surface area contributed by atoms with Gasteiger partial charge in [0, 0.05) is 31.5 Å². The van der Waals surface area contributed by atoms with Crippen molar-refractivity contribution < 1.29 is 9.47 Å². The lowest BCUT2D eigenvalue weighted by atomic mass is 10.2. The molecule has 0 N–H and O–H groups in total. The zero-order valence-corrected chi connectivity index (χ0v) is 25.5. The molecule has 6 nitrogen and oxygen atoms in total. The van der Waals surface area contributed by atoms with Crippen LogP contribution in [0.25, 0.3) is 10.9 Å². The van der Waals surface area contributed by atoms with Crippen molar-refractivity contribution in [2.45, 2.75) is 39.7 Å². The first-order chi connectivity index (χ1) is 18.3. The largest absolute Gasteiger partial charge is 0.490 e. The molecule has 10 heteroatoms. The van der Waals surface area contributed by atoms with Crippen LogP contribution in [-0.4, -0.2) is 22.5 Å². The molecule has 0 radical (unpaired) electrons. The highest BCUT2D eigenvalue weighted by atomic mass is 79.9. The maximum Gasteiger partial charge on any atom is 0.282 e. The molecule has 0 saturated heterocycles. The smallest absolute Gasteiger partial charge is 0.282 e. The topological polar surface area (TPSA) is 65.7 Å². The molecule has 198 valence electrons. The number of aromatic nitrogens is 2. The molecule has 0 aliphatic rings. The van der Waals surface area contributed by atoms with Gasteiger partial charge in [-0.05, 0) is 59.6 Å². The van der Waals surface area contributed by atoms with E-state index in [4.69, 9.17) is 37.7 Å². The number of hydrogen-bond donors (Lipinski definition) is 0. The van der Waals surface area contributed by atoms with Crippen LogP contribution in [0.3, 0.4) is 0 Å². The minimum absolute atomic E-state index is 0.216. The number of ether oxygens (including phenoxy) is 2.